The van der Waals surface area contributed by atoms with Gasteiger partial charge in [0.15, 0.2) is 5.11 Å². The number of benzene rings is 2. The zero-order chi connectivity index (χ0) is 21.0. The minimum Gasteiger partial charge on any atom is -0.333 e. The Labute approximate surface area is 177 Å². The molecular weight excluding hydrogens is 382 g/mol. The summed E-state index contributed by atoms with van der Waals surface area (Å²) in [5.41, 5.74) is 3.72. The molecular formula is C23H25N3O2S. The molecule has 150 valence electrons. The Hall–Kier alpha value is -2.99. The van der Waals surface area contributed by atoms with E-state index in [1.807, 2.05) is 55.5 Å². The van der Waals surface area contributed by atoms with Gasteiger partial charge in [-0.3, -0.25) is 9.59 Å². The van der Waals surface area contributed by atoms with E-state index in [-0.39, 0.29) is 18.2 Å². The van der Waals surface area contributed by atoms with Crippen LogP contribution in [0.15, 0.2) is 61.2 Å². The Morgan fingerprint density at radius 3 is 2.45 bits per heavy atom. The lowest BCUT2D eigenvalue weighted by atomic mass is 10.1. The van der Waals surface area contributed by atoms with Crippen LogP contribution in [0.3, 0.4) is 0 Å². The minimum atomic E-state index is -0.656. The van der Waals surface area contributed by atoms with Crippen molar-refractivity contribution in [3.8, 4) is 0 Å². The van der Waals surface area contributed by atoms with Crippen LogP contribution in [0.2, 0.25) is 0 Å². The number of anilines is 2. The van der Waals surface area contributed by atoms with Gasteiger partial charge in [0.2, 0.25) is 5.91 Å². The molecule has 3 rings (SSSR count). The molecule has 1 fully saturated rings. The van der Waals surface area contributed by atoms with E-state index in [1.54, 1.807) is 11.0 Å². The molecule has 2 aromatic rings. The maximum atomic E-state index is 13.1. The van der Waals surface area contributed by atoms with E-state index in [1.165, 1.54) is 4.90 Å². The summed E-state index contributed by atoms with van der Waals surface area (Å²) in [7, 11) is 0. The Morgan fingerprint density at radius 2 is 1.86 bits per heavy atom. The van der Waals surface area contributed by atoms with Crippen molar-refractivity contribution in [2.45, 2.75) is 32.7 Å². The van der Waals surface area contributed by atoms with Crippen LogP contribution in [-0.4, -0.2) is 34.4 Å². The van der Waals surface area contributed by atoms with Gasteiger partial charge in [-0.15, -0.1) is 6.58 Å². The summed E-state index contributed by atoms with van der Waals surface area (Å²) in [5.74, 6) is -0.495. The molecule has 0 aromatic heterocycles. The smallest absolute Gasteiger partial charge is 0.257 e. The van der Waals surface area contributed by atoms with Crippen molar-refractivity contribution in [1.82, 2.24) is 4.90 Å². The van der Waals surface area contributed by atoms with Gasteiger partial charge in [0.25, 0.3) is 5.91 Å². The van der Waals surface area contributed by atoms with Gasteiger partial charge in [0.1, 0.15) is 6.04 Å². The molecule has 0 aliphatic carbocycles. The van der Waals surface area contributed by atoms with E-state index < -0.39 is 6.04 Å². The molecule has 1 aliphatic rings. The van der Waals surface area contributed by atoms with E-state index in [9.17, 15) is 9.59 Å². The first-order chi connectivity index (χ1) is 13.9. The Kier molecular flexibility index (Phi) is 6.44. The van der Waals surface area contributed by atoms with Gasteiger partial charge >= 0.3 is 0 Å². The first-order valence-electron chi connectivity index (χ1n) is 9.65. The second-order valence-corrected chi connectivity index (χ2v) is 7.43. The molecule has 6 heteroatoms. The highest BCUT2D eigenvalue weighted by Crippen LogP contribution is 2.27. The lowest BCUT2D eigenvalue weighted by molar-refractivity contribution is -0.122. The summed E-state index contributed by atoms with van der Waals surface area (Å²) in [4.78, 5) is 28.8. The van der Waals surface area contributed by atoms with E-state index in [0.717, 1.165) is 23.2 Å². The molecule has 5 nitrogen and oxygen atoms in total. The molecule has 1 N–H and O–H groups in total. The number of rotatable bonds is 6. The third-order valence-electron chi connectivity index (χ3n) is 4.99. The largest absolute Gasteiger partial charge is 0.333 e. The highest BCUT2D eigenvalue weighted by molar-refractivity contribution is 7.80. The lowest BCUT2D eigenvalue weighted by Gasteiger charge is -2.29. The highest BCUT2D eigenvalue weighted by Gasteiger charge is 2.43. The van der Waals surface area contributed by atoms with Gasteiger partial charge in [0, 0.05) is 12.2 Å². The molecule has 1 saturated heterocycles. The maximum absolute atomic E-state index is 13.1. The van der Waals surface area contributed by atoms with Crippen LogP contribution in [-0.2, 0) is 16.0 Å². The van der Waals surface area contributed by atoms with Crippen molar-refractivity contribution in [3.63, 3.8) is 0 Å². The van der Waals surface area contributed by atoms with Gasteiger partial charge in [-0.05, 0) is 55.4 Å². The van der Waals surface area contributed by atoms with Crippen molar-refractivity contribution < 1.29 is 9.59 Å². The number of imide groups is 1. The number of carbonyl (C=O) groups is 2. The third-order valence-corrected chi connectivity index (χ3v) is 5.33. The van der Waals surface area contributed by atoms with E-state index in [0.29, 0.717) is 17.3 Å². The van der Waals surface area contributed by atoms with Gasteiger partial charge in [-0.25, -0.2) is 4.90 Å². The number of thiocarbonyl (C=S) groups is 1. The van der Waals surface area contributed by atoms with E-state index in [2.05, 4.69) is 18.8 Å². The second kappa shape index (κ2) is 9.01. The Bertz CT molecular complexity index is 922. The topological polar surface area (TPSA) is 52.7 Å². The fourth-order valence-corrected chi connectivity index (χ4v) is 3.65. The molecule has 0 spiro atoms. The number of nitrogens with one attached hydrogen (secondary N) is 1. The van der Waals surface area contributed by atoms with Gasteiger partial charge in [-0.2, -0.15) is 0 Å². The van der Waals surface area contributed by atoms with Crippen LogP contribution in [0, 0.1) is 6.92 Å². The SMILES string of the molecule is C=CCN(C(=S)Nc1ccc(C)cc1)[C@H]1CC(=O)N(c2ccc(CC)cc2)C1=O. The van der Waals surface area contributed by atoms with Crippen molar-refractivity contribution in [2.75, 3.05) is 16.8 Å². The molecule has 0 radical (unpaired) electrons. The fraction of sp³-hybridized carbons (Fsp3) is 0.261. The Balaban J connectivity index is 1.80. The van der Waals surface area contributed by atoms with E-state index in [4.69, 9.17) is 12.2 Å². The van der Waals surface area contributed by atoms with Crippen LogP contribution in [0.5, 0.6) is 0 Å². The van der Waals surface area contributed by atoms with Gasteiger partial charge in [-0.1, -0.05) is 42.8 Å². The fourth-order valence-electron chi connectivity index (χ4n) is 3.33. The van der Waals surface area contributed by atoms with E-state index >= 15 is 0 Å². The average molecular weight is 408 g/mol. The number of hydrogen-bond donors (Lipinski definition) is 1. The minimum absolute atomic E-state index is 0.0813. The monoisotopic (exact) mass is 407 g/mol. The quantitative estimate of drug-likeness (QED) is 0.444. The van der Waals surface area contributed by atoms with Crippen molar-refractivity contribution in [3.05, 3.63) is 72.3 Å². The van der Waals surface area contributed by atoms with Crippen LogP contribution >= 0.6 is 12.2 Å². The van der Waals surface area contributed by atoms with Gasteiger partial charge in [0.05, 0.1) is 12.1 Å². The standard InChI is InChI=1S/C23H25N3O2S/c1-4-14-25(23(29)24-18-10-6-16(3)7-11-18)20-15-21(27)26(22(20)28)19-12-8-17(5-2)9-13-19/h4,6-13,20H,1,5,14-15H2,2-3H3,(H,24,29)/t20-/m0/s1. The molecule has 1 heterocycles. The number of aryl methyl sites for hydroxylation is 2. The first kappa shape index (κ1) is 20.7. The summed E-state index contributed by atoms with van der Waals surface area (Å²) < 4.78 is 0. The van der Waals surface area contributed by atoms with Crippen LogP contribution in [0.25, 0.3) is 0 Å². The number of nitrogens with zero attached hydrogens (tertiary/aromatic N) is 2. The molecule has 29 heavy (non-hydrogen) atoms. The second-order valence-electron chi connectivity index (χ2n) is 7.04. The van der Waals surface area contributed by atoms with Crippen molar-refractivity contribution >= 4 is 40.5 Å². The molecule has 1 atom stereocenters. The predicted octanol–water partition coefficient (Wildman–Crippen LogP) is 4.07. The molecule has 0 unspecified atom stereocenters. The molecule has 0 bridgehead atoms. The number of hydrogen-bond acceptors (Lipinski definition) is 3. The van der Waals surface area contributed by atoms with Crippen molar-refractivity contribution in [1.29, 1.82) is 0 Å². The summed E-state index contributed by atoms with van der Waals surface area (Å²) >= 11 is 5.56. The zero-order valence-electron chi connectivity index (χ0n) is 16.7. The average Bonchev–Trinajstić information content (AvgIpc) is 3.01. The Morgan fingerprint density at radius 1 is 1.21 bits per heavy atom. The number of amides is 2. The summed E-state index contributed by atoms with van der Waals surface area (Å²) in [5, 5.41) is 3.56. The predicted molar refractivity (Wildman–Crippen MR) is 121 cm³/mol. The third kappa shape index (κ3) is 4.54. The molecule has 1 aliphatic heterocycles. The maximum Gasteiger partial charge on any atom is 0.257 e. The normalized spacial score (nSPS) is 16.1. The first-order valence-corrected chi connectivity index (χ1v) is 10.1. The van der Waals surface area contributed by atoms with Crippen LogP contribution < -0.4 is 10.2 Å². The van der Waals surface area contributed by atoms with Crippen molar-refractivity contribution in [2.24, 2.45) is 0 Å². The lowest BCUT2D eigenvalue weighted by Crippen LogP contribution is -2.47. The van der Waals surface area contributed by atoms with Crippen LogP contribution in [0.4, 0.5) is 11.4 Å². The number of carbonyl (C=O) groups excluding carboxylic acids is 2. The molecule has 0 saturated carbocycles. The zero-order valence-corrected chi connectivity index (χ0v) is 17.5. The summed E-state index contributed by atoms with van der Waals surface area (Å²) in [6, 6.07) is 14.7. The van der Waals surface area contributed by atoms with Gasteiger partial charge < -0.3 is 10.2 Å². The highest BCUT2D eigenvalue weighted by atomic mass is 32.1. The molecule has 2 aromatic carbocycles. The summed E-state index contributed by atoms with van der Waals surface area (Å²) in [6.07, 6.45) is 2.66. The van der Waals surface area contributed by atoms with Crippen LogP contribution in [0.1, 0.15) is 24.5 Å². The molecule has 2 amide bonds. The summed E-state index contributed by atoms with van der Waals surface area (Å²) in [6.45, 7) is 8.21.